The first-order valence-corrected chi connectivity index (χ1v) is 6.91. The minimum absolute atomic E-state index is 0.236. The fourth-order valence-electron chi connectivity index (χ4n) is 2.53. The summed E-state index contributed by atoms with van der Waals surface area (Å²) < 4.78 is 13.4. The van der Waals surface area contributed by atoms with E-state index < -0.39 is 0 Å². The lowest BCUT2D eigenvalue weighted by Gasteiger charge is -2.04. The molecule has 0 spiro atoms. The second kappa shape index (κ2) is 5.23. The Kier molecular flexibility index (Phi) is 3.40. The van der Waals surface area contributed by atoms with Crippen LogP contribution in [0.2, 0.25) is 5.02 Å². The third-order valence-corrected chi connectivity index (χ3v) is 3.81. The van der Waals surface area contributed by atoms with E-state index >= 15 is 0 Å². The lowest BCUT2D eigenvalue weighted by atomic mass is 10.0. The normalized spacial score (nSPS) is 10.8. The highest BCUT2D eigenvalue weighted by molar-refractivity contribution is 6.31. The topological polar surface area (TPSA) is 39.6 Å². The second-order valence-corrected chi connectivity index (χ2v) is 5.40. The first kappa shape index (κ1) is 13.7. The Balaban J connectivity index is 2.28. The van der Waals surface area contributed by atoms with Crippen LogP contribution in [0.1, 0.15) is 11.1 Å². The van der Waals surface area contributed by atoms with Crippen molar-refractivity contribution in [1.82, 2.24) is 4.98 Å². The minimum atomic E-state index is -0.236. The first-order valence-electron chi connectivity index (χ1n) is 6.53. The second-order valence-electron chi connectivity index (χ2n) is 4.97. The molecule has 2 aromatic carbocycles. The lowest BCUT2D eigenvalue weighted by Crippen LogP contribution is -1.88. The highest BCUT2D eigenvalue weighted by Crippen LogP contribution is 2.32. The van der Waals surface area contributed by atoms with Gasteiger partial charge < -0.3 is 4.98 Å². The largest absolute Gasteiger partial charge is 0.354 e. The molecule has 1 aromatic heterocycles. The minimum Gasteiger partial charge on any atom is -0.354 e. The monoisotopic (exact) mass is 298 g/mol. The molecule has 0 aliphatic heterocycles. The molecule has 0 radical (unpaired) electrons. The Hall–Kier alpha value is -2.31. The van der Waals surface area contributed by atoms with Crippen LogP contribution in [0.5, 0.6) is 0 Å². The molecular formula is C17H12ClFN2. The summed E-state index contributed by atoms with van der Waals surface area (Å²) in [6.45, 7) is 1.72. The number of hydrogen-bond donors (Lipinski definition) is 1. The molecular weight excluding hydrogens is 287 g/mol. The number of nitrogens with one attached hydrogen (secondary N) is 1. The van der Waals surface area contributed by atoms with Gasteiger partial charge in [0.1, 0.15) is 5.82 Å². The predicted octanol–water partition coefficient (Wildman–Crippen LogP) is 5.00. The predicted molar refractivity (Wildman–Crippen MR) is 82.8 cm³/mol. The number of benzene rings is 2. The standard InChI is InChI=1S/C17H12ClFN2/c1-10-8-11(2-4-15(10)19)17-13(6-7-20)14-9-12(18)3-5-16(14)21-17/h2-5,8-9,21H,6H2,1H3. The molecule has 0 aliphatic rings. The zero-order valence-electron chi connectivity index (χ0n) is 11.4. The van der Waals surface area contributed by atoms with E-state index in [1.807, 2.05) is 12.1 Å². The van der Waals surface area contributed by atoms with Crippen molar-refractivity contribution in [3.05, 3.63) is 58.4 Å². The number of fused-ring (bicyclic) bond motifs is 1. The Bertz CT molecular complexity index is 874. The number of nitriles is 1. The summed E-state index contributed by atoms with van der Waals surface area (Å²) in [4.78, 5) is 3.31. The number of aryl methyl sites for hydroxylation is 1. The van der Waals surface area contributed by atoms with Gasteiger partial charge in [-0.2, -0.15) is 5.26 Å². The molecule has 0 aliphatic carbocycles. The maximum Gasteiger partial charge on any atom is 0.126 e. The quantitative estimate of drug-likeness (QED) is 0.710. The van der Waals surface area contributed by atoms with E-state index in [2.05, 4.69) is 11.1 Å². The molecule has 21 heavy (non-hydrogen) atoms. The fourth-order valence-corrected chi connectivity index (χ4v) is 2.70. The van der Waals surface area contributed by atoms with Crippen LogP contribution in [0, 0.1) is 24.1 Å². The van der Waals surface area contributed by atoms with Crippen LogP contribution < -0.4 is 0 Å². The van der Waals surface area contributed by atoms with E-state index in [4.69, 9.17) is 16.9 Å². The van der Waals surface area contributed by atoms with Crippen LogP contribution in [0.3, 0.4) is 0 Å². The number of rotatable bonds is 2. The Morgan fingerprint density at radius 1 is 1.24 bits per heavy atom. The number of nitrogens with zero attached hydrogens (tertiary/aromatic N) is 1. The van der Waals surface area contributed by atoms with Crippen molar-refractivity contribution in [2.24, 2.45) is 0 Å². The number of H-pyrrole nitrogens is 1. The van der Waals surface area contributed by atoms with Gasteiger partial charge in [0, 0.05) is 15.9 Å². The fraction of sp³-hybridized carbons (Fsp3) is 0.118. The molecule has 0 amide bonds. The van der Waals surface area contributed by atoms with Crippen LogP contribution in [0.25, 0.3) is 22.2 Å². The van der Waals surface area contributed by atoms with Crippen molar-refractivity contribution in [1.29, 1.82) is 5.26 Å². The van der Waals surface area contributed by atoms with Gasteiger partial charge in [0.05, 0.1) is 18.2 Å². The number of halogens is 2. The van der Waals surface area contributed by atoms with E-state index in [1.54, 1.807) is 25.1 Å². The maximum atomic E-state index is 13.4. The molecule has 0 fully saturated rings. The highest BCUT2D eigenvalue weighted by Gasteiger charge is 2.14. The van der Waals surface area contributed by atoms with Crippen LogP contribution in [0.4, 0.5) is 4.39 Å². The Labute approximate surface area is 126 Å². The molecule has 1 heterocycles. The van der Waals surface area contributed by atoms with Crippen molar-refractivity contribution in [3.8, 4) is 17.3 Å². The summed E-state index contributed by atoms with van der Waals surface area (Å²) in [6.07, 6.45) is 0.270. The van der Waals surface area contributed by atoms with Gasteiger partial charge in [-0.25, -0.2) is 4.39 Å². The number of aromatic amines is 1. The van der Waals surface area contributed by atoms with E-state index in [9.17, 15) is 4.39 Å². The van der Waals surface area contributed by atoms with Crippen LogP contribution >= 0.6 is 11.6 Å². The van der Waals surface area contributed by atoms with Gasteiger partial charge in [0.15, 0.2) is 0 Å². The van der Waals surface area contributed by atoms with Gasteiger partial charge in [-0.3, -0.25) is 0 Å². The highest BCUT2D eigenvalue weighted by atomic mass is 35.5. The van der Waals surface area contributed by atoms with E-state index in [0.29, 0.717) is 10.6 Å². The number of aromatic nitrogens is 1. The van der Waals surface area contributed by atoms with Crippen molar-refractivity contribution in [2.45, 2.75) is 13.3 Å². The van der Waals surface area contributed by atoms with Crippen LogP contribution in [-0.2, 0) is 6.42 Å². The molecule has 104 valence electrons. The van der Waals surface area contributed by atoms with E-state index in [-0.39, 0.29) is 12.2 Å². The first-order chi connectivity index (χ1) is 10.1. The van der Waals surface area contributed by atoms with Crippen molar-refractivity contribution in [2.75, 3.05) is 0 Å². The molecule has 4 heteroatoms. The van der Waals surface area contributed by atoms with Gasteiger partial charge in [-0.1, -0.05) is 11.6 Å². The lowest BCUT2D eigenvalue weighted by molar-refractivity contribution is 0.619. The van der Waals surface area contributed by atoms with Crippen molar-refractivity contribution >= 4 is 22.5 Å². The average Bonchev–Trinajstić information content (AvgIpc) is 2.81. The molecule has 3 rings (SSSR count). The molecule has 0 bridgehead atoms. The van der Waals surface area contributed by atoms with E-state index in [1.165, 1.54) is 6.07 Å². The molecule has 0 unspecified atom stereocenters. The Morgan fingerprint density at radius 2 is 2.05 bits per heavy atom. The van der Waals surface area contributed by atoms with Gasteiger partial charge in [-0.15, -0.1) is 0 Å². The third kappa shape index (κ3) is 2.39. The molecule has 1 N–H and O–H groups in total. The Morgan fingerprint density at radius 3 is 2.76 bits per heavy atom. The zero-order chi connectivity index (χ0) is 15.0. The van der Waals surface area contributed by atoms with Gasteiger partial charge in [-0.05, 0) is 60.0 Å². The summed E-state index contributed by atoms with van der Waals surface area (Å²) in [6, 6.07) is 12.7. The third-order valence-electron chi connectivity index (χ3n) is 3.57. The molecule has 0 saturated carbocycles. The molecule has 0 atom stereocenters. The van der Waals surface area contributed by atoms with Gasteiger partial charge >= 0.3 is 0 Å². The number of hydrogen-bond acceptors (Lipinski definition) is 1. The summed E-state index contributed by atoms with van der Waals surface area (Å²) in [7, 11) is 0. The molecule has 0 saturated heterocycles. The van der Waals surface area contributed by atoms with Crippen molar-refractivity contribution in [3.63, 3.8) is 0 Å². The SMILES string of the molecule is Cc1cc(-c2[nH]c3ccc(Cl)cc3c2CC#N)ccc1F. The van der Waals surface area contributed by atoms with Crippen molar-refractivity contribution < 1.29 is 4.39 Å². The van der Waals surface area contributed by atoms with E-state index in [0.717, 1.165) is 27.7 Å². The van der Waals surface area contributed by atoms with Gasteiger partial charge in [0.25, 0.3) is 0 Å². The van der Waals surface area contributed by atoms with Crippen LogP contribution in [-0.4, -0.2) is 4.98 Å². The summed E-state index contributed by atoms with van der Waals surface area (Å²) in [5, 5.41) is 10.6. The zero-order valence-corrected chi connectivity index (χ0v) is 12.1. The maximum absolute atomic E-state index is 13.4. The average molecular weight is 299 g/mol. The van der Waals surface area contributed by atoms with Crippen LogP contribution in [0.15, 0.2) is 36.4 Å². The summed E-state index contributed by atoms with van der Waals surface area (Å²) in [5.41, 5.74) is 4.10. The summed E-state index contributed by atoms with van der Waals surface area (Å²) in [5.74, 6) is -0.236. The molecule has 2 nitrogen and oxygen atoms in total. The summed E-state index contributed by atoms with van der Waals surface area (Å²) >= 11 is 6.05. The smallest absolute Gasteiger partial charge is 0.126 e. The molecule has 3 aromatic rings. The van der Waals surface area contributed by atoms with Gasteiger partial charge in [0.2, 0.25) is 0 Å².